The van der Waals surface area contributed by atoms with Crippen molar-refractivity contribution in [2.24, 2.45) is 5.73 Å². The standard InChI is InChI=1S/C17H19FN2O2S.ClH/c1-12-7-14(18)9-15(8-12)23(21,22)20-10-16(17(19)11-20)13-5-3-2-4-6-13;/h2-9,16-17H,10-11,19H2,1H3;1H/t16-,17+;/m0./s1. The quantitative estimate of drug-likeness (QED) is 0.903. The van der Waals surface area contributed by atoms with Gasteiger partial charge in [-0.15, -0.1) is 12.4 Å². The number of aryl methyl sites for hydroxylation is 1. The average Bonchev–Trinajstić information content (AvgIpc) is 2.90. The summed E-state index contributed by atoms with van der Waals surface area (Å²) in [5, 5.41) is 0. The van der Waals surface area contributed by atoms with Crippen LogP contribution in [0.2, 0.25) is 0 Å². The van der Waals surface area contributed by atoms with Gasteiger partial charge in [0.25, 0.3) is 0 Å². The second-order valence-corrected chi connectivity index (χ2v) is 7.91. The van der Waals surface area contributed by atoms with Crippen molar-refractivity contribution in [2.45, 2.75) is 23.8 Å². The van der Waals surface area contributed by atoms with Gasteiger partial charge >= 0.3 is 0 Å². The molecular formula is C17H20ClFN2O2S. The molecule has 0 bridgehead atoms. The van der Waals surface area contributed by atoms with Gasteiger partial charge in [-0.25, -0.2) is 12.8 Å². The van der Waals surface area contributed by atoms with Crippen molar-refractivity contribution in [1.82, 2.24) is 4.31 Å². The van der Waals surface area contributed by atoms with Crippen LogP contribution in [0.5, 0.6) is 0 Å². The third-order valence-electron chi connectivity index (χ3n) is 4.21. The molecule has 0 aliphatic carbocycles. The van der Waals surface area contributed by atoms with Crippen LogP contribution in [-0.4, -0.2) is 31.9 Å². The van der Waals surface area contributed by atoms with E-state index in [4.69, 9.17) is 5.73 Å². The lowest BCUT2D eigenvalue weighted by atomic mass is 9.95. The molecule has 0 aromatic heterocycles. The van der Waals surface area contributed by atoms with E-state index >= 15 is 0 Å². The van der Waals surface area contributed by atoms with Gasteiger partial charge in [0.15, 0.2) is 0 Å². The Hall–Kier alpha value is -1.47. The highest BCUT2D eigenvalue weighted by Crippen LogP contribution is 2.30. The molecule has 1 aliphatic heterocycles. The summed E-state index contributed by atoms with van der Waals surface area (Å²) in [5.74, 6) is -0.604. The van der Waals surface area contributed by atoms with Crippen molar-refractivity contribution in [2.75, 3.05) is 13.1 Å². The third-order valence-corrected chi connectivity index (χ3v) is 6.02. The monoisotopic (exact) mass is 370 g/mol. The molecule has 7 heteroatoms. The van der Waals surface area contributed by atoms with Crippen LogP contribution < -0.4 is 5.73 Å². The van der Waals surface area contributed by atoms with Gasteiger partial charge in [-0.3, -0.25) is 0 Å². The van der Waals surface area contributed by atoms with Crippen molar-refractivity contribution in [1.29, 1.82) is 0 Å². The Balaban J connectivity index is 0.00000208. The number of rotatable bonds is 3. The van der Waals surface area contributed by atoms with E-state index in [9.17, 15) is 12.8 Å². The summed E-state index contributed by atoms with van der Waals surface area (Å²) in [5.41, 5.74) is 7.75. The Bertz CT molecular complexity index is 794. The summed E-state index contributed by atoms with van der Waals surface area (Å²) in [6.07, 6.45) is 0. The molecule has 0 saturated carbocycles. The highest BCUT2D eigenvalue weighted by atomic mass is 35.5. The molecule has 1 saturated heterocycles. The van der Waals surface area contributed by atoms with E-state index in [1.165, 1.54) is 16.4 Å². The van der Waals surface area contributed by atoms with Gasteiger partial charge in [-0.05, 0) is 36.2 Å². The van der Waals surface area contributed by atoms with Crippen LogP contribution in [0, 0.1) is 12.7 Å². The fraction of sp³-hybridized carbons (Fsp3) is 0.294. The number of hydrogen-bond donors (Lipinski definition) is 1. The summed E-state index contributed by atoms with van der Waals surface area (Å²) < 4.78 is 40.4. The van der Waals surface area contributed by atoms with Crippen LogP contribution >= 0.6 is 12.4 Å². The van der Waals surface area contributed by atoms with Gasteiger partial charge < -0.3 is 5.73 Å². The minimum Gasteiger partial charge on any atom is -0.326 e. The maximum atomic E-state index is 13.6. The second-order valence-electron chi connectivity index (χ2n) is 5.97. The van der Waals surface area contributed by atoms with Gasteiger partial charge in [0.1, 0.15) is 5.82 Å². The summed E-state index contributed by atoms with van der Waals surface area (Å²) in [6, 6.07) is 13.2. The smallest absolute Gasteiger partial charge is 0.243 e. The molecule has 24 heavy (non-hydrogen) atoms. The van der Waals surface area contributed by atoms with Crippen molar-refractivity contribution < 1.29 is 12.8 Å². The Morgan fingerprint density at radius 1 is 1.12 bits per heavy atom. The van der Waals surface area contributed by atoms with Crippen LogP contribution in [0.15, 0.2) is 53.4 Å². The van der Waals surface area contributed by atoms with E-state index in [0.717, 1.165) is 11.6 Å². The number of halogens is 2. The molecule has 0 spiro atoms. The lowest BCUT2D eigenvalue weighted by molar-refractivity contribution is 0.469. The zero-order valence-corrected chi connectivity index (χ0v) is 14.9. The zero-order valence-electron chi connectivity index (χ0n) is 13.2. The van der Waals surface area contributed by atoms with Crippen LogP contribution in [0.25, 0.3) is 0 Å². The van der Waals surface area contributed by atoms with Gasteiger partial charge in [0, 0.05) is 25.0 Å². The zero-order chi connectivity index (χ0) is 16.6. The molecule has 0 amide bonds. The first-order chi connectivity index (χ1) is 10.9. The van der Waals surface area contributed by atoms with Crippen molar-refractivity contribution >= 4 is 22.4 Å². The minimum absolute atomic E-state index is 0. The van der Waals surface area contributed by atoms with E-state index in [1.54, 1.807) is 6.92 Å². The first-order valence-electron chi connectivity index (χ1n) is 7.46. The van der Waals surface area contributed by atoms with Crippen LogP contribution in [0.1, 0.15) is 17.0 Å². The van der Waals surface area contributed by atoms with E-state index in [1.807, 2.05) is 30.3 Å². The molecule has 1 aliphatic rings. The molecule has 4 nitrogen and oxygen atoms in total. The molecule has 130 valence electrons. The Labute approximate surface area is 147 Å². The largest absolute Gasteiger partial charge is 0.326 e. The maximum absolute atomic E-state index is 13.6. The highest BCUT2D eigenvalue weighted by Gasteiger charge is 2.38. The van der Waals surface area contributed by atoms with Crippen molar-refractivity contribution in [3.05, 3.63) is 65.5 Å². The Morgan fingerprint density at radius 2 is 1.79 bits per heavy atom. The number of nitrogens with zero attached hydrogens (tertiary/aromatic N) is 1. The molecule has 1 fully saturated rings. The molecule has 1 heterocycles. The summed E-state index contributed by atoms with van der Waals surface area (Å²) >= 11 is 0. The molecule has 0 radical (unpaired) electrons. The molecule has 2 aromatic rings. The summed E-state index contributed by atoms with van der Waals surface area (Å²) in [6.45, 7) is 2.21. The fourth-order valence-electron chi connectivity index (χ4n) is 3.04. The fourth-order valence-corrected chi connectivity index (χ4v) is 4.66. The van der Waals surface area contributed by atoms with Crippen molar-refractivity contribution in [3.63, 3.8) is 0 Å². The highest BCUT2D eigenvalue weighted by molar-refractivity contribution is 7.89. The maximum Gasteiger partial charge on any atom is 0.243 e. The SMILES string of the molecule is Cc1cc(F)cc(S(=O)(=O)N2C[C@@H](N)[C@H](c3ccccc3)C2)c1.Cl. The second kappa shape index (κ2) is 7.19. The normalized spacial score (nSPS) is 21.5. The predicted octanol–water partition coefficient (Wildman–Crippen LogP) is 2.67. The lowest BCUT2D eigenvalue weighted by Gasteiger charge is -2.17. The van der Waals surface area contributed by atoms with Gasteiger partial charge in [0.05, 0.1) is 4.90 Å². The van der Waals surface area contributed by atoms with Gasteiger partial charge in [-0.2, -0.15) is 4.31 Å². The topological polar surface area (TPSA) is 63.4 Å². The third kappa shape index (κ3) is 3.62. The molecule has 2 atom stereocenters. The first kappa shape index (κ1) is 18.9. The Morgan fingerprint density at radius 3 is 2.42 bits per heavy atom. The van der Waals surface area contributed by atoms with Crippen molar-refractivity contribution in [3.8, 4) is 0 Å². The van der Waals surface area contributed by atoms with Crippen LogP contribution in [0.4, 0.5) is 4.39 Å². The van der Waals surface area contributed by atoms with E-state index in [-0.39, 0.29) is 35.8 Å². The molecular weight excluding hydrogens is 351 g/mol. The summed E-state index contributed by atoms with van der Waals surface area (Å²) in [4.78, 5) is -0.0177. The molecule has 2 aromatic carbocycles. The number of nitrogens with two attached hydrogens (primary N) is 1. The number of sulfonamides is 1. The minimum atomic E-state index is -3.74. The van der Waals surface area contributed by atoms with Crippen LogP contribution in [0.3, 0.4) is 0 Å². The van der Waals surface area contributed by atoms with Crippen LogP contribution in [-0.2, 0) is 10.0 Å². The lowest BCUT2D eigenvalue weighted by Crippen LogP contribution is -2.32. The number of benzene rings is 2. The van der Waals surface area contributed by atoms with E-state index in [0.29, 0.717) is 12.1 Å². The Kier molecular flexibility index (Phi) is 5.65. The van der Waals surface area contributed by atoms with E-state index < -0.39 is 15.8 Å². The average molecular weight is 371 g/mol. The summed E-state index contributed by atoms with van der Waals surface area (Å²) in [7, 11) is -3.74. The van der Waals surface area contributed by atoms with Gasteiger partial charge in [0.2, 0.25) is 10.0 Å². The molecule has 0 unspecified atom stereocenters. The van der Waals surface area contributed by atoms with E-state index in [2.05, 4.69) is 0 Å². The first-order valence-corrected chi connectivity index (χ1v) is 8.90. The number of hydrogen-bond acceptors (Lipinski definition) is 3. The molecule has 2 N–H and O–H groups in total. The predicted molar refractivity (Wildman–Crippen MR) is 94.3 cm³/mol. The molecule has 3 rings (SSSR count). The van der Waals surface area contributed by atoms with Gasteiger partial charge in [-0.1, -0.05) is 30.3 Å².